The van der Waals surface area contributed by atoms with Crippen LogP contribution in [0.25, 0.3) is 33.6 Å². The van der Waals surface area contributed by atoms with Crippen LogP contribution in [0.15, 0.2) is 48.7 Å². The van der Waals surface area contributed by atoms with E-state index in [1.54, 1.807) is 12.3 Å². The van der Waals surface area contributed by atoms with Gasteiger partial charge in [0.05, 0.1) is 28.3 Å². The molecule has 0 bridgehead atoms. The predicted molar refractivity (Wildman–Crippen MR) is 74.6 cm³/mol. The van der Waals surface area contributed by atoms with Gasteiger partial charge in [-0.1, -0.05) is 12.1 Å². The molecule has 0 amide bonds. The lowest BCUT2D eigenvalue weighted by atomic mass is 10.3. The number of aromatic amines is 1. The maximum Gasteiger partial charge on any atom is 0.158 e. The van der Waals surface area contributed by atoms with Gasteiger partial charge in [-0.05, 0) is 30.3 Å². The molecule has 4 rings (SSSR count). The van der Waals surface area contributed by atoms with Gasteiger partial charge in [0, 0.05) is 0 Å². The Morgan fingerprint density at radius 2 is 1.75 bits per heavy atom. The summed E-state index contributed by atoms with van der Waals surface area (Å²) < 4.78 is 13.2. The minimum atomic E-state index is -0.294. The summed E-state index contributed by atoms with van der Waals surface area (Å²) in [6.45, 7) is 0. The van der Waals surface area contributed by atoms with E-state index in [2.05, 4.69) is 19.9 Å². The predicted octanol–water partition coefficient (Wildman–Crippen LogP) is 3.31. The van der Waals surface area contributed by atoms with Gasteiger partial charge in [0.15, 0.2) is 5.82 Å². The molecule has 0 unspecified atom stereocenters. The fourth-order valence-electron chi connectivity index (χ4n) is 2.17. The van der Waals surface area contributed by atoms with Crippen molar-refractivity contribution in [3.05, 3.63) is 54.5 Å². The molecule has 0 radical (unpaired) electrons. The highest BCUT2D eigenvalue weighted by molar-refractivity contribution is 5.80. The number of hydrogen-bond acceptors (Lipinski definition) is 3. The summed E-state index contributed by atoms with van der Waals surface area (Å²) in [4.78, 5) is 16.3. The van der Waals surface area contributed by atoms with Crippen molar-refractivity contribution in [2.24, 2.45) is 0 Å². The first-order chi connectivity index (χ1) is 9.79. The molecule has 0 fully saturated rings. The van der Waals surface area contributed by atoms with Gasteiger partial charge in [0.1, 0.15) is 11.5 Å². The van der Waals surface area contributed by atoms with Gasteiger partial charge in [-0.2, -0.15) is 0 Å². The number of fused-ring (bicyclic) bond motifs is 2. The molecule has 2 aromatic carbocycles. The molecule has 1 N–H and O–H groups in total. The average Bonchev–Trinajstić information content (AvgIpc) is 2.89. The summed E-state index contributed by atoms with van der Waals surface area (Å²) in [5.74, 6) is 0.293. The Morgan fingerprint density at radius 1 is 0.900 bits per heavy atom. The van der Waals surface area contributed by atoms with E-state index in [0.29, 0.717) is 22.6 Å². The highest BCUT2D eigenvalue weighted by Crippen LogP contribution is 2.20. The average molecular weight is 264 g/mol. The van der Waals surface area contributed by atoms with E-state index < -0.39 is 0 Å². The third-order valence-electron chi connectivity index (χ3n) is 3.14. The van der Waals surface area contributed by atoms with Crippen LogP contribution < -0.4 is 0 Å². The molecule has 4 nitrogen and oxygen atoms in total. The van der Waals surface area contributed by atoms with Crippen molar-refractivity contribution >= 4 is 22.1 Å². The minimum Gasteiger partial charge on any atom is -0.337 e. The molecule has 0 aliphatic rings. The first kappa shape index (κ1) is 11.0. The SMILES string of the molecule is Fc1ccc2nc(-c3cnc4ccccc4n3)[nH]c2c1. The normalized spacial score (nSPS) is 11.2. The Hall–Kier alpha value is -2.82. The number of halogens is 1. The molecule has 0 saturated carbocycles. The molecule has 96 valence electrons. The smallest absolute Gasteiger partial charge is 0.158 e. The van der Waals surface area contributed by atoms with Gasteiger partial charge >= 0.3 is 0 Å². The van der Waals surface area contributed by atoms with Crippen molar-refractivity contribution in [2.75, 3.05) is 0 Å². The zero-order valence-corrected chi connectivity index (χ0v) is 10.3. The van der Waals surface area contributed by atoms with Crippen LogP contribution in [0.4, 0.5) is 4.39 Å². The van der Waals surface area contributed by atoms with E-state index in [4.69, 9.17) is 0 Å². The fourth-order valence-corrected chi connectivity index (χ4v) is 2.17. The van der Waals surface area contributed by atoms with Crippen molar-refractivity contribution in [2.45, 2.75) is 0 Å². The molecule has 20 heavy (non-hydrogen) atoms. The van der Waals surface area contributed by atoms with Crippen LogP contribution in [0, 0.1) is 5.82 Å². The lowest BCUT2D eigenvalue weighted by molar-refractivity contribution is 0.629. The highest BCUT2D eigenvalue weighted by Gasteiger charge is 2.08. The lowest BCUT2D eigenvalue weighted by Crippen LogP contribution is -1.89. The molecule has 0 saturated heterocycles. The topological polar surface area (TPSA) is 54.5 Å². The van der Waals surface area contributed by atoms with E-state index in [1.807, 2.05) is 24.3 Å². The van der Waals surface area contributed by atoms with Gasteiger partial charge in [0.2, 0.25) is 0 Å². The van der Waals surface area contributed by atoms with E-state index in [0.717, 1.165) is 11.0 Å². The van der Waals surface area contributed by atoms with Gasteiger partial charge in [-0.15, -0.1) is 0 Å². The quantitative estimate of drug-likeness (QED) is 0.574. The third-order valence-corrected chi connectivity index (χ3v) is 3.14. The first-order valence-corrected chi connectivity index (χ1v) is 6.17. The summed E-state index contributed by atoms with van der Waals surface area (Å²) in [6, 6.07) is 12.1. The maximum atomic E-state index is 13.2. The van der Waals surface area contributed by atoms with E-state index in [-0.39, 0.29) is 5.82 Å². The van der Waals surface area contributed by atoms with Crippen molar-refractivity contribution in [1.29, 1.82) is 0 Å². The monoisotopic (exact) mass is 264 g/mol. The maximum absolute atomic E-state index is 13.2. The van der Waals surface area contributed by atoms with Crippen LogP contribution in [0.3, 0.4) is 0 Å². The van der Waals surface area contributed by atoms with Crippen LogP contribution in [0.2, 0.25) is 0 Å². The molecular formula is C15H9FN4. The number of rotatable bonds is 1. The molecule has 2 aromatic heterocycles. The van der Waals surface area contributed by atoms with E-state index >= 15 is 0 Å². The number of benzene rings is 2. The van der Waals surface area contributed by atoms with E-state index in [1.165, 1.54) is 12.1 Å². The second-order valence-corrected chi connectivity index (χ2v) is 4.49. The van der Waals surface area contributed by atoms with Crippen LogP contribution in [0.1, 0.15) is 0 Å². The van der Waals surface area contributed by atoms with Gasteiger partial charge in [-0.25, -0.2) is 14.4 Å². The second-order valence-electron chi connectivity index (χ2n) is 4.49. The van der Waals surface area contributed by atoms with Crippen LogP contribution in [0.5, 0.6) is 0 Å². The zero-order chi connectivity index (χ0) is 13.5. The number of H-pyrrole nitrogens is 1. The molecule has 0 spiro atoms. The molecule has 2 heterocycles. The molecule has 0 atom stereocenters. The van der Waals surface area contributed by atoms with Crippen molar-refractivity contribution in [3.8, 4) is 11.5 Å². The van der Waals surface area contributed by atoms with Crippen molar-refractivity contribution in [3.63, 3.8) is 0 Å². The van der Waals surface area contributed by atoms with Crippen molar-refractivity contribution in [1.82, 2.24) is 19.9 Å². The lowest BCUT2D eigenvalue weighted by Gasteiger charge is -1.98. The summed E-state index contributed by atoms with van der Waals surface area (Å²) >= 11 is 0. The minimum absolute atomic E-state index is 0.294. The largest absolute Gasteiger partial charge is 0.337 e. The van der Waals surface area contributed by atoms with Gasteiger partial charge in [0.25, 0.3) is 0 Å². The van der Waals surface area contributed by atoms with Gasteiger partial charge < -0.3 is 4.98 Å². The molecule has 0 aliphatic carbocycles. The Labute approximate surface area is 113 Å². The Morgan fingerprint density at radius 3 is 2.65 bits per heavy atom. The summed E-state index contributed by atoms with van der Waals surface area (Å²) in [7, 11) is 0. The number of hydrogen-bond donors (Lipinski definition) is 1. The highest BCUT2D eigenvalue weighted by atomic mass is 19.1. The van der Waals surface area contributed by atoms with Crippen LogP contribution in [-0.2, 0) is 0 Å². The Bertz CT molecular complexity index is 929. The van der Waals surface area contributed by atoms with Crippen LogP contribution >= 0.6 is 0 Å². The summed E-state index contributed by atoms with van der Waals surface area (Å²) in [6.07, 6.45) is 1.66. The number of imidazole rings is 1. The van der Waals surface area contributed by atoms with Crippen molar-refractivity contribution < 1.29 is 4.39 Å². The molecular weight excluding hydrogens is 255 g/mol. The first-order valence-electron chi connectivity index (χ1n) is 6.17. The third kappa shape index (κ3) is 1.72. The zero-order valence-electron chi connectivity index (χ0n) is 10.3. The summed E-state index contributed by atoms with van der Waals surface area (Å²) in [5, 5.41) is 0. The molecule has 0 aliphatic heterocycles. The van der Waals surface area contributed by atoms with Crippen LogP contribution in [-0.4, -0.2) is 19.9 Å². The molecule has 4 aromatic rings. The van der Waals surface area contributed by atoms with Gasteiger partial charge in [-0.3, -0.25) is 4.98 Å². The number of nitrogens with zero attached hydrogens (tertiary/aromatic N) is 3. The standard InChI is InChI=1S/C15H9FN4/c16-9-5-6-12-13(7-9)20-15(19-12)14-8-17-10-3-1-2-4-11(10)18-14/h1-8H,(H,19,20). The number of para-hydroxylation sites is 2. The molecule has 5 heteroatoms. The Balaban J connectivity index is 1.91. The summed E-state index contributed by atoms with van der Waals surface area (Å²) in [5.41, 5.74) is 3.63. The second kappa shape index (κ2) is 4.09. The number of aromatic nitrogens is 4. The Kier molecular flexibility index (Phi) is 2.26. The number of nitrogens with one attached hydrogen (secondary N) is 1. The van der Waals surface area contributed by atoms with E-state index in [9.17, 15) is 4.39 Å². The fraction of sp³-hybridized carbons (Fsp3) is 0.